The maximum atomic E-state index is 11.9. The van der Waals surface area contributed by atoms with Gasteiger partial charge in [-0.15, -0.1) is 0 Å². The van der Waals surface area contributed by atoms with Crippen LogP contribution in [0.25, 0.3) is 0 Å². The maximum Gasteiger partial charge on any atom is 0.215 e. The van der Waals surface area contributed by atoms with Crippen molar-refractivity contribution in [2.24, 2.45) is 0 Å². The van der Waals surface area contributed by atoms with Gasteiger partial charge in [0, 0.05) is 13.1 Å². The van der Waals surface area contributed by atoms with Crippen LogP contribution in [0.15, 0.2) is 30.3 Å². The van der Waals surface area contributed by atoms with Crippen LogP contribution >= 0.6 is 0 Å². The van der Waals surface area contributed by atoms with Crippen molar-refractivity contribution in [2.45, 2.75) is 18.1 Å². The first-order valence-electron chi connectivity index (χ1n) is 6.55. The Morgan fingerprint density at radius 2 is 2.11 bits per heavy atom. The van der Waals surface area contributed by atoms with Crippen molar-refractivity contribution in [1.82, 2.24) is 10.0 Å². The van der Waals surface area contributed by atoms with Crippen LogP contribution < -0.4 is 14.8 Å². The Morgan fingerprint density at radius 1 is 1.32 bits per heavy atom. The van der Waals surface area contributed by atoms with Gasteiger partial charge in [0.1, 0.15) is 5.75 Å². The molecule has 2 N–H and O–H groups in total. The van der Waals surface area contributed by atoms with E-state index in [4.69, 9.17) is 4.74 Å². The van der Waals surface area contributed by atoms with Gasteiger partial charge in [0.15, 0.2) is 0 Å². The Balaban J connectivity index is 1.64. The molecule has 1 aromatic rings. The highest BCUT2D eigenvalue weighted by molar-refractivity contribution is 7.90. The topological polar surface area (TPSA) is 67.4 Å². The second-order valence-electron chi connectivity index (χ2n) is 4.57. The summed E-state index contributed by atoms with van der Waals surface area (Å²) in [6.07, 6.45) is 1.35. The summed E-state index contributed by atoms with van der Waals surface area (Å²) in [6, 6.07) is 9.51. The Morgan fingerprint density at radius 3 is 2.79 bits per heavy atom. The third kappa shape index (κ3) is 4.49. The highest BCUT2D eigenvalue weighted by Gasteiger charge is 2.27. The van der Waals surface area contributed by atoms with E-state index in [2.05, 4.69) is 10.0 Å². The van der Waals surface area contributed by atoms with Crippen molar-refractivity contribution in [3.05, 3.63) is 30.3 Å². The average Bonchev–Trinajstić information content (AvgIpc) is 2.94. The number of sulfonamides is 1. The molecule has 1 aliphatic rings. The molecule has 106 valence electrons. The van der Waals surface area contributed by atoms with E-state index >= 15 is 0 Å². The number of para-hydroxylation sites is 1. The summed E-state index contributed by atoms with van der Waals surface area (Å²) < 4.78 is 31.9. The molecule has 0 saturated carbocycles. The monoisotopic (exact) mass is 284 g/mol. The Kier molecular flexibility index (Phi) is 5.18. The smallest absolute Gasteiger partial charge is 0.215 e. The molecule has 1 heterocycles. The zero-order valence-corrected chi connectivity index (χ0v) is 11.7. The molecule has 1 unspecified atom stereocenters. The first-order valence-corrected chi connectivity index (χ1v) is 8.10. The van der Waals surface area contributed by atoms with Crippen LogP contribution in [-0.4, -0.2) is 39.9 Å². The van der Waals surface area contributed by atoms with Crippen LogP contribution in [0.5, 0.6) is 5.75 Å². The van der Waals surface area contributed by atoms with Gasteiger partial charge in [0.2, 0.25) is 10.0 Å². The van der Waals surface area contributed by atoms with Gasteiger partial charge in [-0.3, -0.25) is 0 Å². The molecule has 0 aliphatic carbocycles. The molecule has 1 atom stereocenters. The third-order valence-electron chi connectivity index (χ3n) is 3.09. The molecule has 19 heavy (non-hydrogen) atoms. The van der Waals surface area contributed by atoms with E-state index in [1.807, 2.05) is 30.3 Å². The van der Waals surface area contributed by atoms with Gasteiger partial charge in [-0.1, -0.05) is 18.2 Å². The number of benzene rings is 1. The van der Waals surface area contributed by atoms with E-state index in [0.29, 0.717) is 32.5 Å². The molecule has 0 aromatic heterocycles. The predicted molar refractivity (Wildman–Crippen MR) is 74.8 cm³/mol. The van der Waals surface area contributed by atoms with E-state index in [9.17, 15) is 8.42 Å². The Labute approximate surface area is 114 Å². The summed E-state index contributed by atoms with van der Waals surface area (Å²) >= 11 is 0. The van der Waals surface area contributed by atoms with Gasteiger partial charge < -0.3 is 10.1 Å². The van der Waals surface area contributed by atoms with Crippen molar-refractivity contribution in [3.8, 4) is 5.75 Å². The summed E-state index contributed by atoms with van der Waals surface area (Å²) in [6.45, 7) is 2.26. The zero-order chi connectivity index (χ0) is 13.6. The summed E-state index contributed by atoms with van der Waals surface area (Å²) in [5, 5.41) is 2.77. The van der Waals surface area contributed by atoms with Crippen LogP contribution in [0.1, 0.15) is 12.8 Å². The standard InChI is InChI=1S/C13H20N2O3S/c16-19(17,13-7-9-14-11-13)15-8-4-10-18-12-5-2-1-3-6-12/h1-3,5-6,13-15H,4,7-11H2. The van der Waals surface area contributed by atoms with Crippen molar-refractivity contribution < 1.29 is 13.2 Å². The number of hydrogen-bond donors (Lipinski definition) is 2. The van der Waals surface area contributed by atoms with Crippen molar-refractivity contribution in [2.75, 3.05) is 26.2 Å². The minimum Gasteiger partial charge on any atom is -0.494 e. The molecule has 6 heteroatoms. The van der Waals surface area contributed by atoms with Crippen LogP contribution in [0.3, 0.4) is 0 Å². The Hall–Kier alpha value is -1.11. The first kappa shape index (κ1) is 14.3. The summed E-state index contributed by atoms with van der Waals surface area (Å²) in [7, 11) is -3.17. The van der Waals surface area contributed by atoms with Crippen LogP contribution in [0.2, 0.25) is 0 Å². The molecule has 1 aromatic carbocycles. The molecular weight excluding hydrogens is 264 g/mol. The van der Waals surface area contributed by atoms with E-state index in [0.717, 1.165) is 12.3 Å². The fourth-order valence-electron chi connectivity index (χ4n) is 2.00. The zero-order valence-electron chi connectivity index (χ0n) is 10.8. The molecule has 0 bridgehead atoms. The number of ether oxygens (including phenoxy) is 1. The van der Waals surface area contributed by atoms with Gasteiger partial charge in [0.05, 0.1) is 11.9 Å². The van der Waals surface area contributed by atoms with E-state index in [-0.39, 0.29) is 5.25 Å². The summed E-state index contributed by atoms with van der Waals surface area (Å²) in [5.74, 6) is 0.811. The summed E-state index contributed by atoms with van der Waals surface area (Å²) in [5.41, 5.74) is 0. The van der Waals surface area contributed by atoms with Gasteiger partial charge in [0.25, 0.3) is 0 Å². The number of rotatable bonds is 7. The highest BCUT2D eigenvalue weighted by Crippen LogP contribution is 2.09. The van der Waals surface area contributed by atoms with Crippen LogP contribution in [0, 0.1) is 0 Å². The lowest BCUT2D eigenvalue weighted by atomic mass is 10.3. The number of nitrogens with one attached hydrogen (secondary N) is 2. The molecule has 0 radical (unpaired) electrons. The van der Waals surface area contributed by atoms with Gasteiger partial charge in [-0.25, -0.2) is 13.1 Å². The largest absolute Gasteiger partial charge is 0.494 e. The quantitative estimate of drug-likeness (QED) is 0.725. The first-order chi connectivity index (χ1) is 9.18. The average molecular weight is 284 g/mol. The van der Waals surface area contributed by atoms with Gasteiger partial charge in [-0.05, 0) is 31.5 Å². The maximum absolute atomic E-state index is 11.9. The third-order valence-corrected chi connectivity index (χ3v) is 4.98. The normalized spacial score (nSPS) is 19.5. The molecule has 1 fully saturated rings. The van der Waals surface area contributed by atoms with Crippen molar-refractivity contribution in [3.63, 3.8) is 0 Å². The Bertz CT molecular complexity index is 470. The lowest BCUT2D eigenvalue weighted by Gasteiger charge is -2.12. The van der Waals surface area contributed by atoms with Crippen molar-refractivity contribution in [1.29, 1.82) is 0 Å². The minimum absolute atomic E-state index is 0.289. The van der Waals surface area contributed by atoms with Crippen LogP contribution in [0.4, 0.5) is 0 Å². The molecule has 1 aliphatic heterocycles. The SMILES string of the molecule is O=S(=O)(NCCCOc1ccccc1)C1CCNC1. The molecular formula is C13H20N2O3S. The van der Waals surface area contributed by atoms with E-state index in [1.54, 1.807) is 0 Å². The fraction of sp³-hybridized carbons (Fsp3) is 0.538. The second-order valence-corrected chi connectivity index (χ2v) is 6.61. The van der Waals surface area contributed by atoms with Crippen LogP contribution in [-0.2, 0) is 10.0 Å². The van der Waals surface area contributed by atoms with E-state index < -0.39 is 10.0 Å². The molecule has 0 spiro atoms. The lowest BCUT2D eigenvalue weighted by molar-refractivity contribution is 0.311. The van der Waals surface area contributed by atoms with Crippen molar-refractivity contribution >= 4 is 10.0 Å². The fourth-order valence-corrected chi connectivity index (χ4v) is 3.43. The van der Waals surface area contributed by atoms with Gasteiger partial charge >= 0.3 is 0 Å². The molecule has 0 amide bonds. The second kappa shape index (κ2) is 6.88. The summed E-state index contributed by atoms with van der Waals surface area (Å²) in [4.78, 5) is 0. The molecule has 2 rings (SSSR count). The van der Waals surface area contributed by atoms with Gasteiger partial charge in [-0.2, -0.15) is 0 Å². The number of hydrogen-bond acceptors (Lipinski definition) is 4. The minimum atomic E-state index is -3.17. The lowest BCUT2D eigenvalue weighted by Crippen LogP contribution is -2.36. The van der Waals surface area contributed by atoms with E-state index in [1.165, 1.54) is 0 Å². The predicted octanol–water partition coefficient (Wildman–Crippen LogP) is 0.737. The molecule has 1 saturated heterocycles. The highest BCUT2D eigenvalue weighted by atomic mass is 32.2. The molecule has 5 nitrogen and oxygen atoms in total.